The summed E-state index contributed by atoms with van der Waals surface area (Å²) in [6.45, 7) is 0. The number of nitrogens with one attached hydrogen (secondary N) is 1. The second-order valence-electron chi connectivity index (χ2n) is 5.89. The van der Waals surface area contributed by atoms with Crippen molar-refractivity contribution in [2.24, 2.45) is 0 Å². The van der Waals surface area contributed by atoms with Gasteiger partial charge in [0, 0.05) is 4.88 Å². The number of hydrogen-bond donors (Lipinski definition) is 1. The number of carbonyl (C=O) groups is 1. The molecule has 1 aromatic heterocycles. The van der Waals surface area contributed by atoms with Crippen molar-refractivity contribution in [1.82, 2.24) is 0 Å². The third kappa shape index (κ3) is 3.29. The van der Waals surface area contributed by atoms with Gasteiger partial charge < -0.3 is 10.1 Å². The number of thiophene rings is 1. The molecule has 24 heavy (non-hydrogen) atoms. The number of para-hydroxylation sites is 1. The zero-order valence-electron chi connectivity index (χ0n) is 13.7. The minimum atomic E-state index is -0.238. The van der Waals surface area contributed by atoms with E-state index >= 15 is 0 Å². The Labute approximate surface area is 146 Å². The lowest BCUT2D eigenvalue weighted by Crippen LogP contribution is -2.13. The van der Waals surface area contributed by atoms with Crippen LogP contribution in [-0.4, -0.2) is 13.0 Å². The van der Waals surface area contributed by atoms with E-state index in [1.807, 2.05) is 6.07 Å². The molecule has 5 heteroatoms. The lowest BCUT2D eigenvalue weighted by atomic mass is 9.97. The number of nitrogens with zero attached hydrogens (tertiary/aromatic N) is 1. The summed E-state index contributed by atoms with van der Waals surface area (Å²) < 4.78 is 5.25. The topological polar surface area (TPSA) is 62.1 Å². The minimum Gasteiger partial charge on any atom is -0.496 e. The first-order chi connectivity index (χ1) is 11.7. The fourth-order valence-corrected chi connectivity index (χ4v) is 4.36. The Morgan fingerprint density at radius 3 is 2.71 bits per heavy atom. The van der Waals surface area contributed by atoms with Crippen LogP contribution in [0.1, 0.15) is 52.0 Å². The van der Waals surface area contributed by atoms with Crippen molar-refractivity contribution in [3.63, 3.8) is 0 Å². The molecule has 1 heterocycles. The highest BCUT2D eigenvalue weighted by atomic mass is 32.1. The first-order valence-corrected chi connectivity index (χ1v) is 9.05. The molecule has 0 radical (unpaired) electrons. The molecule has 1 N–H and O–H groups in total. The SMILES string of the molecule is COc1ccccc1C(=O)Nc1sc2c(c1C#N)CCCCCC2. The zero-order valence-corrected chi connectivity index (χ0v) is 14.5. The van der Waals surface area contributed by atoms with E-state index in [1.165, 1.54) is 17.7 Å². The molecule has 1 amide bonds. The monoisotopic (exact) mass is 340 g/mol. The fourth-order valence-electron chi connectivity index (χ4n) is 3.13. The average Bonchev–Trinajstić information content (AvgIpc) is 2.90. The van der Waals surface area contributed by atoms with Crippen LogP contribution in [0, 0.1) is 11.3 Å². The highest BCUT2D eigenvalue weighted by molar-refractivity contribution is 7.16. The summed E-state index contributed by atoms with van der Waals surface area (Å²) in [6.07, 6.45) is 6.64. The molecule has 0 spiro atoms. The number of benzene rings is 1. The van der Waals surface area contributed by atoms with Crippen LogP contribution < -0.4 is 10.1 Å². The molecule has 4 nitrogen and oxygen atoms in total. The standard InChI is InChI=1S/C19H20N2O2S/c1-23-16-10-7-6-9-14(16)18(22)21-19-15(12-20)13-8-4-2-3-5-11-17(13)24-19/h6-7,9-10H,2-5,8,11H2,1H3,(H,21,22). The van der Waals surface area contributed by atoms with Gasteiger partial charge in [-0.2, -0.15) is 5.26 Å². The Balaban J connectivity index is 1.91. The molecule has 3 rings (SSSR count). The zero-order chi connectivity index (χ0) is 16.9. The first kappa shape index (κ1) is 16.5. The Morgan fingerprint density at radius 2 is 1.96 bits per heavy atom. The number of ether oxygens (including phenoxy) is 1. The molecular formula is C19H20N2O2S. The van der Waals surface area contributed by atoms with Gasteiger partial charge in [0.25, 0.3) is 5.91 Å². The molecular weight excluding hydrogens is 320 g/mol. The maximum absolute atomic E-state index is 12.6. The number of nitriles is 1. The number of amides is 1. The van der Waals surface area contributed by atoms with Gasteiger partial charge in [-0.25, -0.2) is 0 Å². The summed E-state index contributed by atoms with van der Waals surface area (Å²) in [5, 5.41) is 13.2. The maximum Gasteiger partial charge on any atom is 0.260 e. The van der Waals surface area contributed by atoms with E-state index in [-0.39, 0.29) is 5.91 Å². The fraction of sp³-hybridized carbons (Fsp3) is 0.368. The molecule has 1 aliphatic rings. The van der Waals surface area contributed by atoms with E-state index in [4.69, 9.17) is 4.74 Å². The second-order valence-corrected chi connectivity index (χ2v) is 6.99. The normalized spacial score (nSPS) is 14.0. The van der Waals surface area contributed by atoms with Gasteiger partial charge >= 0.3 is 0 Å². The molecule has 1 aromatic carbocycles. The number of anilines is 1. The predicted molar refractivity (Wildman–Crippen MR) is 95.9 cm³/mol. The van der Waals surface area contributed by atoms with Crippen molar-refractivity contribution < 1.29 is 9.53 Å². The van der Waals surface area contributed by atoms with Crippen molar-refractivity contribution in [1.29, 1.82) is 5.26 Å². The Bertz CT molecular complexity index is 789. The van der Waals surface area contributed by atoms with E-state index in [2.05, 4.69) is 11.4 Å². The van der Waals surface area contributed by atoms with Crippen LogP contribution >= 0.6 is 11.3 Å². The number of rotatable bonds is 3. The second kappa shape index (κ2) is 7.50. The lowest BCUT2D eigenvalue weighted by Gasteiger charge is -2.09. The summed E-state index contributed by atoms with van der Waals surface area (Å²) in [6, 6.07) is 9.41. The Hall–Kier alpha value is -2.32. The van der Waals surface area contributed by atoms with Gasteiger partial charge in [-0.15, -0.1) is 11.3 Å². The van der Waals surface area contributed by atoms with E-state index < -0.39 is 0 Å². The minimum absolute atomic E-state index is 0.238. The quantitative estimate of drug-likeness (QED) is 0.892. The number of hydrogen-bond acceptors (Lipinski definition) is 4. The first-order valence-electron chi connectivity index (χ1n) is 8.23. The van der Waals surface area contributed by atoms with E-state index in [1.54, 1.807) is 36.6 Å². The number of aryl methyl sites for hydroxylation is 1. The molecule has 0 unspecified atom stereocenters. The van der Waals surface area contributed by atoms with E-state index in [9.17, 15) is 10.1 Å². The summed E-state index contributed by atoms with van der Waals surface area (Å²) in [5.74, 6) is 0.293. The largest absolute Gasteiger partial charge is 0.496 e. The van der Waals surface area contributed by atoms with Crippen LogP contribution in [0.25, 0.3) is 0 Å². The molecule has 0 fully saturated rings. The number of fused-ring (bicyclic) bond motifs is 1. The smallest absolute Gasteiger partial charge is 0.260 e. The Kier molecular flexibility index (Phi) is 5.17. The van der Waals surface area contributed by atoms with Gasteiger partial charge in [-0.1, -0.05) is 25.0 Å². The van der Waals surface area contributed by atoms with Crippen LogP contribution in [0.4, 0.5) is 5.00 Å². The van der Waals surface area contributed by atoms with Crippen LogP contribution in [0.5, 0.6) is 5.75 Å². The van der Waals surface area contributed by atoms with Crippen molar-refractivity contribution in [2.45, 2.75) is 38.5 Å². The molecule has 0 aliphatic heterocycles. The number of methoxy groups -OCH3 is 1. The molecule has 0 saturated heterocycles. The van der Waals surface area contributed by atoms with Crippen molar-refractivity contribution >= 4 is 22.2 Å². The molecule has 0 atom stereocenters. The van der Waals surface area contributed by atoms with Crippen LogP contribution in [0.2, 0.25) is 0 Å². The van der Waals surface area contributed by atoms with Crippen molar-refractivity contribution in [3.05, 3.63) is 45.8 Å². The summed E-state index contributed by atoms with van der Waals surface area (Å²) in [4.78, 5) is 13.9. The molecule has 1 aliphatic carbocycles. The highest BCUT2D eigenvalue weighted by Crippen LogP contribution is 2.37. The molecule has 2 aromatic rings. The molecule has 0 bridgehead atoms. The van der Waals surface area contributed by atoms with Crippen LogP contribution in [0.15, 0.2) is 24.3 Å². The molecule has 124 valence electrons. The van der Waals surface area contributed by atoms with E-state index in [0.717, 1.165) is 31.2 Å². The Morgan fingerprint density at radius 1 is 1.21 bits per heavy atom. The summed E-state index contributed by atoms with van der Waals surface area (Å²) in [5.41, 5.74) is 2.25. The molecule has 0 saturated carbocycles. The van der Waals surface area contributed by atoms with Crippen LogP contribution in [-0.2, 0) is 12.8 Å². The van der Waals surface area contributed by atoms with E-state index in [0.29, 0.717) is 21.9 Å². The lowest BCUT2D eigenvalue weighted by molar-refractivity contribution is 0.102. The van der Waals surface area contributed by atoms with Gasteiger partial charge in [-0.3, -0.25) is 4.79 Å². The van der Waals surface area contributed by atoms with Gasteiger partial charge in [0.1, 0.15) is 16.8 Å². The van der Waals surface area contributed by atoms with Gasteiger partial charge in [0.2, 0.25) is 0 Å². The average molecular weight is 340 g/mol. The van der Waals surface area contributed by atoms with Gasteiger partial charge in [0.05, 0.1) is 18.2 Å². The highest BCUT2D eigenvalue weighted by Gasteiger charge is 2.21. The van der Waals surface area contributed by atoms with Gasteiger partial charge in [-0.05, 0) is 43.4 Å². The summed E-state index contributed by atoms with van der Waals surface area (Å²) in [7, 11) is 1.55. The summed E-state index contributed by atoms with van der Waals surface area (Å²) >= 11 is 1.55. The van der Waals surface area contributed by atoms with Crippen molar-refractivity contribution in [3.8, 4) is 11.8 Å². The third-order valence-corrected chi connectivity index (χ3v) is 5.57. The van der Waals surface area contributed by atoms with Gasteiger partial charge in [0.15, 0.2) is 0 Å². The maximum atomic E-state index is 12.6. The third-order valence-electron chi connectivity index (χ3n) is 4.36. The van der Waals surface area contributed by atoms with Crippen molar-refractivity contribution in [2.75, 3.05) is 12.4 Å². The van der Waals surface area contributed by atoms with Crippen LogP contribution in [0.3, 0.4) is 0 Å². The number of carbonyl (C=O) groups excluding carboxylic acids is 1. The predicted octanol–water partition coefficient (Wildman–Crippen LogP) is 4.54.